The molecule has 0 aliphatic rings. The predicted octanol–water partition coefficient (Wildman–Crippen LogP) is -1.32. The molecule has 0 aliphatic heterocycles. The lowest BCUT2D eigenvalue weighted by Crippen LogP contribution is -3.00. The number of aliphatic carboxylic acids is 1. The Hall–Kier alpha value is -1.36. The van der Waals surface area contributed by atoms with Gasteiger partial charge in [0.2, 0.25) is 5.58 Å². The molecule has 0 saturated carbocycles. The van der Waals surface area contributed by atoms with Crippen LogP contribution < -0.4 is 21.5 Å². The van der Waals surface area contributed by atoms with E-state index in [1.165, 1.54) is 0 Å². The van der Waals surface area contributed by atoms with Gasteiger partial charge < -0.3 is 26.5 Å². The minimum absolute atomic E-state index is 0. The van der Waals surface area contributed by atoms with Crippen molar-refractivity contribution < 1.29 is 35.9 Å². The fraction of sp³-hybridized carbons (Fsp3) is 0.273. The molecule has 0 spiro atoms. The highest BCUT2D eigenvalue weighted by molar-refractivity contribution is 5.72. The summed E-state index contributed by atoms with van der Waals surface area (Å²) in [5.74, 6) is -0.263. The lowest BCUT2D eigenvalue weighted by Gasteiger charge is -1.98. The van der Waals surface area contributed by atoms with Gasteiger partial charge in [0.15, 0.2) is 0 Å². The first-order valence-corrected chi connectivity index (χ1v) is 4.73. The third kappa shape index (κ3) is 1.95. The predicted molar refractivity (Wildman–Crippen MR) is 53.5 cm³/mol. The molecule has 4 nitrogen and oxygen atoms in total. The smallest absolute Gasteiger partial charge is 0.373 e. The molecule has 0 bridgehead atoms. The van der Waals surface area contributed by atoms with Crippen molar-refractivity contribution in [1.82, 2.24) is 0 Å². The summed E-state index contributed by atoms with van der Waals surface area (Å²) >= 11 is 0. The van der Waals surface area contributed by atoms with Crippen LogP contribution in [-0.2, 0) is 4.79 Å². The molecule has 1 heterocycles. The van der Waals surface area contributed by atoms with Crippen LogP contribution in [0.25, 0.3) is 11.1 Å². The number of aromatic nitrogens is 1. The molecule has 1 N–H and O–H groups in total. The van der Waals surface area contributed by atoms with Crippen molar-refractivity contribution in [2.24, 2.45) is 0 Å². The molecule has 86 valence electrons. The maximum Gasteiger partial charge on any atom is 0.373 e. The first-order chi connectivity index (χ1) is 7.11. The van der Waals surface area contributed by atoms with Crippen molar-refractivity contribution >= 4 is 17.1 Å². The maximum atomic E-state index is 10.9. The standard InChI is InChI=1S/C11H11NO3.BrH/c1-7(11(13)14)12-8(2)15-10-6-4-3-5-9(10)12;/h3-7H,1-2H3;1H. The number of carboxylic acids is 1. The monoisotopic (exact) mass is 285 g/mol. The molecule has 0 radical (unpaired) electrons. The van der Waals surface area contributed by atoms with Crippen molar-refractivity contribution in [3.8, 4) is 0 Å². The summed E-state index contributed by atoms with van der Waals surface area (Å²) in [4.78, 5) is 10.9. The van der Waals surface area contributed by atoms with Crippen LogP contribution in [-0.4, -0.2) is 11.1 Å². The molecule has 0 saturated heterocycles. The SMILES string of the molecule is Cc1oc2ccccc2[n+]1C(C)C(=O)O.[Br-]. The van der Waals surface area contributed by atoms with Gasteiger partial charge in [-0.05, 0) is 6.07 Å². The van der Waals surface area contributed by atoms with Gasteiger partial charge in [-0.25, -0.2) is 4.79 Å². The van der Waals surface area contributed by atoms with E-state index < -0.39 is 12.0 Å². The molecule has 1 aromatic carbocycles. The summed E-state index contributed by atoms with van der Waals surface area (Å²) in [6.45, 7) is 3.40. The zero-order valence-corrected chi connectivity index (χ0v) is 10.6. The van der Waals surface area contributed by atoms with Crippen LogP contribution >= 0.6 is 0 Å². The lowest BCUT2D eigenvalue weighted by atomic mass is 10.3. The van der Waals surface area contributed by atoms with Crippen LogP contribution in [0.3, 0.4) is 0 Å². The molecule has 1 atom stereocenters. The van der Waals surface area contributed by atoms with Gasteiger partial charge in [0.05, 0.1) is 6.92 Å². The summed E-state index contributed by atoms with van der Waals surface area (Å²) in [7, 11) is 0. The van der Waals surface area contributed by atoms with E-state index in [1.807, 2.05) is 24.3 Å². The van der Waals surface area contributed by atoms with E-state index in [2.05, 4.69) is 0 Å². The Morgan fingerprint density at radius 3 is 2.69 bits per heavy atom. The average molecular weight is 286 g/mol. The number of carbonyl (C=O) groups is 1. The van der Waals surface area contributed by atoms with E-state index in [-0.39, 0.29) is 17.0 Å². The molecular formula is C11H12BrNO3. The fourth-order valence-corrected chi connectivity index (χ4v) is 1.71. The van der Waals surface area contributed by atoms with Crippen molar-refractivity contribution in [2.75, 3.05) is 0 Å². The molecule has 0 aliphatic carbocycles. The summed E-state index contributed by atoms with van der Waals surface area (Å²) in [5, 5.41) is 8.98. The number of para-hydroxylation sites is 2. The number of rotatable bonds is 2. The molecule has 1 aromatic heterocycles. The molecule has 5 heteroatoms. The zero-order valence-electron chi connectivity index (χ0n) is 8.98. The van der Waals surface area contributed by atoms with Crippen molar-refractivity contribution in [3.05, 3.63) is 30.2 Å². The Bertz CT molecular complexity index is 521. The highest BCUT2D eigenvalue weighted by atomic mass is 79.9. The summed E-state index contributed by atoms with van der Waals surface area (Å²) in [6, 6.07) is 6.79. The topological polar surface area (TPSA) is 54.3 Å². The summed E-state index contributed by atoms with van der Waals surface area (Å²) in [6.07, 6.45) is 0. The van der Waals surface area contributed by atoms with Gasteiger partial charge in [-0.3, -0.25) is 0 Å². The van der Waals surface area contributed by atoms with E-state index in [1.54, 1.807) is 18.4 Å². The summed E-state index contributed by atoms with van der Waals surface area (Å²) < 4.78 is 7.15. The number of carboxylic acid groups (broad SMARTS) is 1. The Morgan fingerprint density at radius 1 is 1.44 bits per heavy atom. The molecule has 0 fully saturated rings. The Kier molecular flexibility index (Phi) is 3.70. The first-order valence-electron chi connectivity index (χ1n) is 4.73. The number of hydrogen-bond donors (Lipinski definition) is 1. The molecule has 0 amide bonds. The maximum absolute atomic E-state index is 10.9. The number of hydrogen-bond acceptors (Lipinski definition) is 2. The van der Waals surface area contributed by atoms with Gasteiger partial charge in [0.1, 0.15) is 0 Å². The average Bonchev–Trinajstić information content (AvgIpc) is 2.52. The second-order valence-corrected chi connectivity index (χ2v) is 3.47. The quantitative estimate of drug-likeness (QED) is 0.697. The van der Waals surface area contributed by atoms with Gasteiger partial charge in [0, 0.05) is 13.0 Å². The number of halogens is 1. The van der Waals surface area contributed by atoms with E-state index in [9.17, 15) is 4.79 Å². The van der Waals surface area contributed by atoms with Gasteiger partial charge in [-0.15, -0.1) is 4.57 Å². The number of nitrogens with zero attached hydrogens (tertiary/aromatic N) is 1. The molecule has 16 heavy (non-hydrogen) atoms. The third-order valence-electron chi connectivity index (χ3n) is 2.47. The minimum Gasteiger partial charge on any atom is -1.00 e. The number of oxazole rings is 1. The van der Waals surface area contributed by atoms with Crippen LogP contribution in [0.4, 0.5) is 0 Å². The van der Waals surface area contributed by atoms with Crippen LogP contribution in [0.2, 0.25) is 0 Å². The van der Waals surface area contributed by atoms with E-state index in [0.717, 1.165) is 5.52 Å². The normalized spacial score (nSPS) is 12.1. The Balaban J connectivity index is 0.00000128. The fourth-order valence-electron chi connectivity index (χ4n) is 1.71. The van der Waals surface area contributed by atoms with Gasteiger partial charge >= 0.3 is 11.9 Å². The van der Waals surface area contributed by atoms with Crippen molar-refractivity contribution in [2.45, 2.75) is 19.9 Å². The van der Waals surface area contributed by atoms with Gasteiger partial charge in [-0.2, -0.15) is 0 Å². The number of fused-ring (bicyclic) bond motifs is 1. The highest BCUT2D eigenvalue weighted by Gasteiger charge is 2.29. The summed E-state index contributed by atoms with van der Waals surface area (Å²) in [5.41, 5.74) is 1.52. The van der Waals surface area contributed by atoms with E-state index in [4.69, 9.17) is 9.52 Å². The number of benzene rings is 1. The van der Waals surface area contributed by atoms with Crippen molar-refractivity contribution in [1.29, 1.82) is 0 Å². The van der Waals surface area contributed by atoms with E-state index >= 15 is 0 Å². The first kappa shape index (κ1) is 12.7. The molecule has 2 aromatic rings. The lowest BCUT2D eigenvalue weighted by molar-refractivity contribution is -0.693. The van der Waals surface area contributed by atoms with Crippen LogP contribution in [0.1, 0.15) is 18.9 Å². The minimum atomic E-state index is -0.866. The molecule has 1 unspecified atom stereocenters. The second kappa shape index (κ2) is 4.65. The van der Waals surface area contributed by atoms with Gasteiger partial charge in [-0.1, -0.05) is 12.1 Å². The van der Waals surface area contributed by atoms with Crippen molar-refractivity contribution in [3.63, 3.8) is 0 Å². The number of aryl methyl sites for hydroxylation is 1. The van der Waals surface area contributed by atoms with E-state index in [0.29, 0.717) is 11.5 Å². The van der Waals surface area contributed by atoms with Crippen LogP contribution in [0, 0.1) is 6.92 Å². The zero-order chi connectivity index (χ0) is 11.0. The van der Waals surface area contributed by atoms with Crippen LogP contribution in [0.5, 0.6) is 0 Å². The Morgan fingerprint density at radius 2 is 2.06 bits per heavy atom. The largest absolute Gasteiger partial charge is 1.00 e. The second-order valence-electron chi connectivity index (χ2n) is 3.47. The third-order valence-corrected chi connectivity index (χ3v) is 2.47. The molecule has 2 rings (SSSR count). The Labute approximate surface area is 103 Å². The van der Waals surface area contributed by atoms with Crippen LogP contribution in [0.15, 0.2) is 28.7 Å². The molecular weight excluding hydrogens is 274 g/mol. The highest BCUT2D eigenvalue weighted by Crippen LogP contribution is 2.15. The van der Waals surface area contributed by atoms with Gasteiger partial charge in [0.25, 0.3) is 11.6 Å².